The average Bonchev–Trinajstić information content (AvgIpc) is 2.79. The zero-order valence-electron chi connectivity index (χ0n) is 10.9. The quantitative estimate of drug-likeness (QED) is 0.909. The largest absolute Gasteiger partial charge is 0.478 e. The van der Waals surface area contributed by atoms with Gasteiger partial charge in [-0.25, -0.2) is 13.2 Å². The number of thiophene rings is 1. The Morgan fingerprint density at radius 1 is 1.25 bits per heavy atom. The molecule has 106 valence electrons. The molecule has 1 aromatic carbocycles. The highest BCUT2D eigenvalue weighted by Crippen LogP contribution is 2.24. The SMILES string of the molecule is Cc1cc(C)c(S(=O)(=O)Nc2ccsc2)cc1C(=O)O. The Labute approximate surface area is 120 Å². The third kappa shape index (κ3) is 2.83. The lowest BCUT2D eigenvalue weighted by atomic mass is 10.1. The predicted octanol–water partition coefficient (Wildman–Crippen LogP) is 2.86. The van der Waals surface area contributed by atoms with Gasteiger partial charge in [-0.15, -0.1) is 0 Å². The highest BCUT2D eigenvalue weighted by atomic mass is 32.2. The summed E-state index contributed by atoms with van der Waals surface area (Å²) < 4.78 is 27.0. The van der Waals surface area contributed by atoms with Gasteiger partial charge in [0, 0.05) is 5.38 Å². The smallest absolute Gasteiger partial charge is 0.335 e. The van der Waals surface area contributed by atoms with Crippen LogP contribution in [0.4, 0.5) is 5.69 Å². The molecule has 2 aromatic rings. The monoisotopic (exact) mass is 311 g/mol. The molecule has 0 fully saturated rings. The highest BCUT2D eigenvalue weighted by Gasteiger charge is 2.20. The molecule has 0 aliphatic carbocycles. The first-order valence-corrected chi connectivity index (χ1v) is 8.13. The molecule has 0 unspecified atom stereocenters. The van der Waals surface area contributed by atoms with Gasteiger partial charge < -0.3 is 5.11 Å². The third-order valence-corrected chi connectivity index (χ3v) is 5.02. The van der Waals surface area contributed by atoms with Crippen molar-refractivity contribution in [3.8, 4) is 0 Å². The molecule has 0 radical (unpaired) electrons. The first-order chi connectivity index (χ1) is 9.31. The third-order valence-electron chi connectivity index (χ3n) is 2.82. The number of rotatable bonds is 4. The number of carboxylic acids is 1. The number of sulfonamides is 1. The van der Waals surface area contributed by atoms with Crippen molar-refractivity contribution in [3.63, 3.8) is 0 Å². The topological polar surface area (TPSA) is 83.5 Å². The lowest BCUT2D eigenvalue weighted by Crippen LogP contribution is -2.15. The summed E-state index contributed by atoms with van der Waals surface area (Å²) in [6.07, 6.45) is 0. The molecule has 0 atom stereocenters. The van der Waals surface area contributed by atoms with Crippen LogP contribution in [-0.4, -0.2) is 19.5 Å². The van der Waals surface area contributed by atoms with E-state index in [0.29, 0.717) is 16.8 Å². The summed E-state index contributed by atoms with van der Waals surface area (Å²) in [7, 11) is -3.79. The summed E-state index contributed by atoms with van der Waals surface area (Å²) in [6.45, 7) is 3.28. The van der Waals surface area contributed by atoms with E-state index in [-0.39, 0.29) is 10.5 Å². The van der Waals surface area contributed by atoms with E-state index in [9.17, 15) is 13.2 Å². The number of aromatic carboxylic acids is 1. The molecule has 2 N–H and O–H groups in total. The Kier molecular flexibility index (Phi) is 3.82. The number of benzene rings is 1. The Hall–Kier alpha value is -1.86. The molecule has 20 heavy (non-hydrogen) atoms. The number of anilines is 1. The van der Waals surface area contributed by atoms with E-state index >= 15 is 0 Å². The maximum atomic E-state index is 12.3. The molecule has 0 aliphatic rings. The first-order valence-electron chi connectivity index (χ1n) is 5.71. The lowest BCUT2D eigenvalue weighted by molar-refractivity contribution is 0.0696. The van der Waals surface area contributed by atoms with Crippen LogP contribution in [0.1, 0.15) is 21.5 Å². The predicted molar refractivity (Wildman–Crippen MR) is 78.0 cm³/mol. The van der Waals surface area contributed by atoms with Gasteiger partial charge in [0.15, 0.2) is 0 Å². The van der Waals surface area contributed by atoms with Crippen molar-refractivity contribution in [2.45, 2.75) is 18.7 Å². The maximum Gasteiger partial charge on any atom is 0.335 e. The maximum absolute atomic E-state index is 12.3. The van der Waals surface area contributed by atoms with E-state index < -0.39 is 16.0 Å². The molecule has 1 aromatic heterocycles. The van der Waals surface area contributed by atoms with Crippen LogP contribution in [0.15, 0.2) is 33.9 Å². The van der Waals surface area contributed by atoms with Gasteiger partial charge in [-0.2, -0.15) is 11.3 Å². The van der Waals surface area contributed by atoms with Gasteiger partial charge in [-0.05, 0) is 42.5 Å². The molecule has 0 aliphatic heterocycles. The Morgan fingerprint density at radius 3 is 2.50 bits per heavy atom. The van der Waals surface area contributed by atoms with Crippen LogP contribution in [-0.2, 0) is 10.0 Å². The van der Waals surface area contributed by atoms with E-state index in [2.05, 4.69) is 4.72 Å². The summed E-state index contributed by atoms with van der Waals surface area (Å²) in [5.41, 5.74) is 1.49. The number of aryl methyl sites for hydroxylation is 2. The van der Waals surface area contributed by atoms with Crippen LogP contribution in [0.25, 0.3) is 0 Å². The molecular formula is C13H13NO4S2. The van der Waals surface area contributed by atoms with Gasteiger partial charge in [-0.3, -0.25) is 4.72 Å². The Bertz CT molecular complexity index is 749. The number of hydrogen-bond donors (Lipinski definition) is 2. The summed E-state index contributed by atoms with van der Waals surface area (Å²) >= 11 is 1.37. The molecule has 0 saturated heterocycles. The molecule has 0 bridgehead atoms. The molecule has 2 rings (SSSR count). The molecule has 5 nitrogen and oxygen atoms in total. The van der Waals surface area contributed by atoms with Crippen molar-refractivity contribution < 1.29 is 18.3 Å². The molecule has 7 heteroatoms. The van der Waals surface area contributed by atoms with E-state index in [0.717, 1.165) is 0 Å². The van der Waals surface area contributed by atoms with Crippen LogP contribution >= 0.6 is 11.3 Å². The first kappa shape index (κ1) is 14.5. The van der Waals surface area contributed by atoms with Crippen LogP contribution in [0.3, 0.4) is 0 Å². The minimum Gasteiger partial charge on any atom is -0.478 e. The Balaban J connectivity index is 2.51. The number of nitrogens with one attached hydrogen (secondary N) is 1. The molecule has 0 saturated carbocycles. The molecule has 0 spiro atoms. The van der Waals surface area contributed by atoms with Gasteiger partial charge >= 0.3 is 5.97 Å². The van der Waals surface area contributed by atoms with E-state index in [1.54, 1.807) is 36.7 Å². The Morgan fingerprint density at radius 2 is 1.95 bits per heavy atom. The zero-order valence-corrected chi connectivity index (χ0v) is 12.5. The second-order valence-electron chi connectivity index (χ2n) is 4.36. The minimum absolute atomic E-state index is 0.0127. The standard InChI is InChI=1S/C13H13NO4S2/c1-8-5-9(2)12(6-11(8)13(15)16)20(17,18)14-10-3-4-19-7-10/h3-7,14H,1-2H3,(H,15,16). The molecule has 1 heterocycles. The van der Waals surface area contributed by atoms with Crippen LogP contribution in [0.2, 0.25) is 0 Å². The fourth-order valence-electron chi connectivity index (χ4n) is 1.88. The number of hydrogen-bond acceptors (Lipinski definition) is 4. The van der Waals surface area contributed by atoms with Gasteiger partial charge in [-0.1, -0.05) is 6.07 Å². The number of carbonyl (C=O) groups is 1. The second kappa shape index (κ2) is 5.26. The normalized spacial score (nSPS) is 11.3. The van der Waals surface area contributed by atoms with Crippen LogP contribution in [0, 0.1) is 13.8 Å². The fraction of sp³-hybridized carbons (Fsp3) is 0.154. The van der Waals surface area contributed by atoms with Crippen LogP contribution in [0.5, 0.6) is 0 Å². The summed E-state index contributed by atoms with van der Waals surface area (Å²) in [4.78, 5) is 11.1. The van der Waals surface area contributed by atoms with Crippen molar-refractivity contribution in [3.05, 3.63) is 45.6 Å². The van der Waals surface area contributed by atoms with E-state index in [4.69, 9.17) is 5.11 Å². The summed E-state index contributed by atoms with van der Waals surface area (Å²) in [6, 6.07) is 4.40. The summed E-state index contributed by atoms with van der Waals surface area (Å²) in [5.74, 6) is -1.14. The number of carboxylic acid groups (broad SMARTS) is 1. The molecular weight excluding hydrogens is 298 g/mol. The van der Waals surface area contributed by atoms with E-state index in [1.807, 2.05) is 0 Å². The fourth-order valence-corrected chi connectivity index (χ4v) is 3.85. The minimum atomic E-state index is -3.79. The van der Waals surface area contributed by atoms with Gasteiger partial charge in [0.2, 0.25) is 0 Å². The molecule has 0 amide bonds. The zero-order chi connectivity index (χ0) is 14.9. The second-order valence-corrected chi connectivity index (χ2v) is 6.79. The lowest BCUT2D eigenvalue weighted by Gasteiger charge is -2.11. The van der Waals surface area contributed by atoms with Crippen LogP contribution < -0.4 is 4.72 Å². The summed E-state index contributed by atoms with van der Waals surface area (Å²) in [5, 5.41) is 12.5. The van der Waals surface area contributed by atoms with Crippen molar-refractivity contribution in [1.29, 1.82) is 0 Å². The van der Waals surface area contributed by atoms with E-state index in [1.165, 1.54) is 17.4 Å². The van der Waals surface area contributed by atoms with Crippen molar-refractivity contribution >= 4 is 33.0 Å². The van der Waals surface area contributed by atoms with Crippen molar-refractivity contribution in [2.24, 2.45) is 0 Å². The van der Waals surface area contributed by atoms with Gasteiger partial charge in [0.25, 0.3) is 10.0 Å². The van der Waals surface area contributed by atoms with Crippen molar-refractivity contribution in [1.82, 2.24) is 0 Å². The highest BCUT2D eigenvalue weighted by molar-refractivity contribution is 7.92. The average molecular weight is 311 g/mol. The van der Waals surface area contributed by atoms with Gasteiger partial charge in [0.05, 0.1) is 16.1 Å². The van der Waals surface area contributed by atoms with Crippen molar-refractivity contribution in [2.75, 3.05) is 4.72 Å². The van der Waals surface area contributed by atoms with Gasteiger partial charge in [0.1, 0.15) is 0 Å².